The zero-order valence-electron chi connectivity index (χ0n) is 8.92. The number of imidazole rings is 1. The minimum atomic E-state index is -0.273. The number of pyridine rings is 1. The molecule has 0 aromatic carbocycles. The Balaban J connectivity index is 2.23. The molecule has 1 unspecified atom stereocenters. The van der Waals surface area contributed by atoms with Crippen LogP contribution in [-0.2, 0) is 0 Å². The van der Waals surface area contributed by atoms with Crippen molar-refractivity contribution in [3.63, 3.8) is 0 Å². The van der Waals surface area contributed by atoms with E-state index in [1.807, 2.05) is 24.4 Å². The van der Waals surface area contributed by atoms with Crippen molar-refractivity contribution in [2.45, 2.75) is 13.0 Å². The highest BCUT2D eigenvalue weighted by atomic mass is 16.3. The first-order valence-corrected chi connectivity index (χ1v) is 5.06. The van der Waals surface area contributed by atoms with Gasteiger partial charge in [0.05, 0.1) is 6.61 Å². The number of carbonyl (C=O) groups is 1. The van der Waals surface area contributed by atoms with Gasteiger partial charge in [-0.2, -0.15) is 0 Å². The van der Waals surface area contributed by atoms with Gasteiger partial charge in [0, 0.05) is 18.4 Å². The van der Waals surface area contributed by atoms with E-state index in [9.17, 15) is 4.79 Å². The highest BCUT2D eigenvalue weighted by molar-refractivity contribution is 5.93. The Morgan fingerprint density at radius 2 is 2.44 bits per heavy atom. The molecule has 84 valence electrons. The van der Waals surface area contributed by atoms with E-state index in [2.05, 4.69) is 10.3 Å². The molecule has 5 nitrogen and oxygen atoms in total. The van der Waals surface area contributed by atoms with Crippen molar-refractivity contribution in [1.82, 2.24) is 14.7 Å². The van der Waals surface area contributed by atoms with Crippen LogP contribution in [0.1, 0.15) is 17.4 Å². The van der Waals surface area contributed by atoms with E-state index < -0.39 is 0 Å². The molecule has 1 atom stereocenters. The fourth-order valence-electron chi connectivity index (χ4n) is 1.39. The van der Waals surface area contributed by atoms with E-state index >= 15 is 0 Å². The predicted octanol–water partition coefficient (Wildman–Crippen LogP) is 0.445. The summed E-state index contributed by atoms with van der Waals surface area (Å²) in [4.78, 5) is 15.9. The number of aromatic nitrogens is 2. The first-order chi connectivity index (χ1) is 7.70. The molecular weight excluding hydrogens is 206 g/mol. The molecule has 0 aliphatic carbocycles. The summed E-state index contributed by atoms with van der Waals surface area (Å²) in [6.07, 6.45) is 3.49. The Labute approximate surface area is 92.7 Å². The highest BCUT2D eigenvalue weighted by Crippen LogP contribution is 2.04. The van der Waals surface area contributed by atoms with Crippen LogP contribution in [0.2, 0.25) is 0 Å². The zero-order chi connectivity index (χ0) is 11.5. The summed E-state index contributed by atoms with van der Waals surface area (Å²) in [7, 11) is 0. The normalized spacial score (nSPS) is 12.6. The number of amides is 1. The summed E-state index contributed by atoms with van der Waals surface area (Å²) in [5.41, 5.74) is 1.08. The van der Waals surface area contributed by atoms with Crippen LogP contribution in [0.15, 0.2) is 30.6 Å². The second-order valence-corrected chi connectivity index (χ2v) is 3.65. The van der Waals surface area contributed by atoms with Crippen molar-refractivity contribution >= 4 is 11.6 Å². The van der Waals surface area contributed by atoms with E-state index in [0.717, 1.165) is 5.65 Å². The van der Waals surface area contributed by atoms with Gasteiger partial charge < -0.3 is 14.8 Å². The smallest absolute Gasteiger partial charge is 0.271 e. The average molecular weight is 219 g/mol. The molecule has 0 spiro atoms. The van der Waals surface area contributed by atoms with Crippen molar-refractivity contribution in [3.05, 3.63) is 36.3 Å². The molecule has 0 aliphatic heterocycles. The number of hydrogen-bond acceptors (Lipinski definition) is 3. The Kier molecular flexibility index (Phi) is 2.87. The van der Waals surface area contributed by atoms with Crippen LogP contribution in [0.5, 0.6) is 0 Å². The van der Waals surface area contributed by atoms with Crippen LogP contribution in [-0.4, -0.2) is 33.0 Å². The maximum absolute atomic E-state index is 11.7. The lowest BCUT2D eigenvalue weighted by Gasteiger charge is -2.08. The van der Waals surface area contributed by atoms with Crippen molar-refractivity contribution in [2.24, 2.45) is 0 Å². The van der Waals surface area contributed by atoms with Crippen molar-refractivity contribution in [2.75, 3.05) is 6.61 Å². The largest absolute Gasteiger partial charge is 0.394 e. The second-order valence-electron chi connectivity index (χ2n) is 3.65. The molecule has 2 rings (SSSR count). The molecule has 0 aliphatic rings. The average Bonchev–Trinajstić information content (AvgIpc) is 2.72. The minimum absolute atomic E-state index is 0.0842. The van der Waals surface area contributed by atoms with Crippen molar-refractivity contribution in [3.8, 4) is 0 Å². The maximum Gasteiger partial charge on any atom is 0.271 e. The summed E-state index contributed by atoms with van der Waals surface area (Å²) in [6.45, 7) is 1.65. The molecule has 0 saturated heterocycles. The van der Waals surface area contributed by atoms with Gasteiger partial charge in [0.2, 0.25) is 0 Å². The predicted molar refractivity (Wildman–Crippen MR) is 59.2 cm³/mol. The Hall–Kier alpha value is -1.88. The second kappa shape index (κ2) is 4.32. The molecular formula is C11H13N3O2. The van der Waals surface area contributed by atoms with Gasteiger partial charge in [-0.25, -0.2) is 4.98 Å². The van der Waals surface area contributed by atoms with Gasteiger partial charge in [-0.1, -0.05) is 6.07 Å². The number of hydrogen-bond donors (Lipinski definition) is 2. The third-order valence-corrected chi connectivity index (χ3v) is 2.25. The van der Waals surface area contributed by atoms with E-state index in [4.69, 9.17) is 5.11 Å². The molecule has 16 heavy (non-hydrogen) atoms. The number of nitrogens with one attached hydrogen (secondary N) is 1. The number of aliphatic hydroxyl groups excluding tert-OH is 1. The van der Waals surface area contributed by atoms with Crippen LogP contribution in [0.4, 0.5) is 0 Å². The number of fused-ring (bicyclic) bond motifs is 1. The fourth-order valence-corrected chi connectivity index (χ4v) is 1.39. The molecule has 1 amide bonds. The summed E-state index contributed by atoms with van der Waals surface area (Å²) >= 11 is 0. The Morgan fingerprint density at radius 1 is 1.62 bits per heavy atom. The molecule has 2 N–H and O–H groups in total. The highest BCUT2D eigenvalue weighted by Gasteiger charge is 2.12. The molecule has 0 saturated carbocycles. The number of rotatable bonds is 3. The lowest BCUT2D eigenvalue weighted by molar-refractivity contribution is 0.0918. The standard InChI is InChI=1S/C11H13N3O2/c1-8(7-15)12-11(16)9-6-14-5-3-2-4-10(14)13-9/h2-6,8,15H,7H2,1H3,(H,12,16). The molecule has 2 aromatic rings. The van der Waals surface area contributed by atoms with E-state index in [0.29, 0.717) is 5.69 Å². The Bertz CT molecular complexity index is 474. The molecule has 0 radical (unpaired) electrons. The van der Waals surface area contributed by atoms with Crippen molar-refractivity contribution in [1.29, 1.82) is 0 Å². The lowest BCUT2D eigenvalue weighted by Crippen LogP contribution is -2.35. The van der Waals surface area contributed by atoms with Gasteiger partial charge in [0.25, 0.3) is 5.91 Å². The van der Waals surface area contributed by atoms with Crippen molar-refractivity contribution < 1.29 is 9.90 Å². The topological polar surface area (TPSA) is 66.6 Å². The van der Waals surface area contributed by atoms with Gasteiger partial charge >= 0.3 is 0 Å². The van der Waals surface area contributed by atoms with Crippen LogP contribution in [0, 0.1) is 0 Å². The SMILES string of the molecule is CC(CO)NC(=O)c1cn2ccccc2n1. The summed E-state index contributed by atoms with van der Waals surface area (Å²) in [5.74, 6) is -0.273. The van der Waals surface area contributed by atoms with E-state index in [1.54, 1.807) is 17.5 Å². The molecule has 5 heteroatoms. The minimum Gasteiger partial charge on any atom is -0.394 e. The fraction of sp³-hybridized carbons (Fsp3) is 0.273. The quantitative estimate of drug-likeness (QED) is 0.787. The lowest BCUT2D eigenvalue weighted by atomic mass is 10.3. The van der Waals surface area contributed by atoms with Gasteiger partial charge in [-0.15, -0.1) is 0 Å². The van der Waals surface area contributed by atoms with E-state index in [-0.39, 0.29) is 18.6 Å². The zero-order valence-corrected chi connectivity index (χ0v) is 8.92. The van der Waals surface area contributed by atoms with Gasteiger partial charge in [0.15, 0.2) is 0 Å². The van der Waals surface area contributed by atoms with Crippen LogP contribution < -0.4 is 5.32 Å². The number of carbonyl (C=O) groups excluding carboxylic acids is 1. The monoisotopic (exact) mass is 219 g/mol. The number of nitrogens with zero attached hydrogens (tertiary/aromatic N) is 2. The van der Waals surface area contributed by atoms with Gasteiger partial charge in [0.1, 0.15) is 11.3 Å². The third kappa shape index (κ3) is 2.04. The first kappa shape index (κ1) is 10.6. The first-order valence-electron chi connectivity index (χ1n) is 5.06. The summed E-state index contributed by atoms with van der Waals surface area (Å²) in [5, 5.41) is 11.5. The molecule has 2 aromatic heterocycles. The van der Waals surface area contributed by atoms with E-state index in [1.165, 1.54) is 0 Å². The van der Waals surface area contributed by atoms with Gasteiger partial charge in [-0.05, 0) is 19.1 Å². The third-order valence-electron chi connectivity index (χ3n) is 2.25. The van der Waals surface area contributed by atoms with Crippen LogP contribution in [0.25, 0.3) is 5.65 Å². The maximum atomic E-state index is 11.7. The van der Waals surface area contributed by atoms with Gasteiger partial charge in [-0.3, -0.25) is 4.79 Å². The van der Waals surface area contributed by atoms with Crippen LogP contribution in [0.3, 0.4) is 0 Å². The summed E-state index contributed by atoms with van der Waals surface area (Å²) < 4.78 is 1.78. The van der Waals surface area contributed by atoms with Crippen LogP contribution >= 0.6 is 0 Å². The molecule has 2 heterocycles. The Morgan fingerprint density at radius 3 is 3.12 bits per heavy atom. The number of aliphatic hydroxyl groups is 1. The summed E-state index contributed by atoms with van der Waals surface area (Å²) in [6, 6.07) is 5.29. The molecule has 0 bridgehead atoms. The molecule has 0 fully saturated rings.